The van der Waals surface area contributed by atoms with E-state index in [1.54, 1.807) is 0 Å². The maximum Gasteiger partial charge on any atom is 0.0852 e. The van der Waals surface area contributed by atoms with Gasteiger partial charge in [-0.05, 0) is 27.5 Å². The van der Waals surface area contributed by atoms with Crippen LogP contribution in [0.2, 0.25) is 0 Å². The average Bonchev–Trinajstić information content (AvgIpc) is 2.09. The van der Waals surface area contributed by atoms with Crippen LogP contribution in [0.5, 0.6) is 0 Å². The number of hydrogen-bond donors (Lipinski definition) is 0. The first kappa shape index (κ1) is 4.46. The Hall–Kier alpha value is -0.410. The van der Waals surface area contributed by atoms with Gasteiger partial charge in [-0.2, -0.15) is 0 Å². The molecule has 1 aromatic rings. The minimum absolute atomic E-state index is 0.0694. The van der Waals surface area contributed by atoms with Gasteiger partial charge in [0.15, 0.2) is 0 Å². The fourth-order valence-corrected chi connectivity index (χ4v) is 0.874. The molecule has 0 atom stereocenters. The smallest absolute Gasteiger partial charge is 0.0852 e. The topological polar surface area (TPSA) is 22.1 Å². The molecule has 1 rings (SSSR count). The van der Waals surface area contributed by atoms with Crippen molar-refractivity contribution in [1.29, 1.82) is 0 Å². The molecule has 0 N–H and O–H groups in total. The molecular formula is C7H8BrNO. The van der Waals surface area contributed by atoms with Crippen molar-refractivity contribution in [1.82, 2.24) is 4.98 Å². The summed E-state index contributed by atoms with van der Waals surface area (Å²) in [6.07, 6.45) is -0.157. The van der Waals surface area contributed by atoms with Crippen molar-refractivity contribution in [2.75, 3.05) is 7.11 Å². The van der Waals surface area contributed by atoms with Crippen LogP contribution in [-0.2, 0) is 11.3 Å². The second kappa shape index (κ2) is 3.68. The van der Waals surface area contributed by atoms with E-state index in [4.69, 9.17) is 8.85 Å². The number of rotatable bonds is 2. The molecule has 0 saturated carbocycles. The Morgan fingerprint density at radius 3 is 3.30 bits per heavy atom. The zero-order valence-electron chi connectivity index (χ0n) is 8.44. The first-order chi connectivity index (χ1) is 6.07. The molecular weight excluding hydrogens is 194 g/mol. The molecule has 0 amide bonds. The Balaban J connectivity index is 3.26. The van der Waals surface area contributed by atoms with Gasteiger partial charge >= 0.3 is 0 Å². The van der Waals surface area contributed by atoms with E-state index in [1.807, 2.05) is 0 Å². The van der Waals surface area contributed by atoms with Crippen LogP contribution in [-0.4, -0.2) is 12.1 Å². The molecule has 1 heterocycles. The highest BCUT2D eigenvalue weighted by atomic mass is 79.9. The number of methoxy groups -OCH3 is 1. The van der Waals surface area contributed by atoms with Crippen LogP contribution in [0.3, 0.4) is 0 Å². The van der Waals surface area contributed by atoms with E-state index in [2.05, 4.69) is 20.9 Å². The molecule has 0 bridgehead atoms. The Bertz CT molecular complexity index is 332. The third-order valence-electron chi connectivity index (χ3n) is 0.894. The van der Waals surface area contributed by atoms with Crippen molar-refractivity contribution in [2.24, 2.45) is 0 Å². The molecule has 1 aromatic heterocycles. The third kappa shape index (κ3) is 2.08. The number of halogens is 1. The second-order valence-corrected chi connectivity index (χ2v) is 2.48. The van der Waals surface area contributed by atoms with Crippen LogP contribution < -0.4 is 0 Å². The summed E-state index contributed by atoms with van der Waals surface area (Å²) in [5.74, 6) is 0. The first-order valence-corrected chi connectivity index (χ1v) is 3.48. The normalized spacial score (nSPS) is 14.0. The Labute approximate surface area is 72.6 Å². The lowest BCUT2D eigenvalue weighted by atomic mass is 10.3. The second-order valence-electron chi connectivity index (χ2n) is 1.69. The quantitative estimate of drug-likeness (QED) is 0.736. The molecule has 0 fully saturated rings. The standard InChI is InChI=1S/C7H8BrNO/c1-10-5-6-2-7(8)4-9-3-6/h2-4H,5H2,1H3/i2D,3D,4D. The molecule has 0 aliphatic carbocycles. The highest BCUT2D eigenvalue weighted by molar-refractivity contribution is 9.10. The van der Waals surface area contributed by atoms with Crippen molar-refractivity contribution in [3.8, 4) is 0 Å². The number of pyridine rings is 1. The zero-order valence-corrected chi connectivity index (χ0v) is 7.03. The maximum absolute atomic E-state index is 7.57. The largest absolute Gasteiger partial charge is 0.380 e. The Morgan fingerprint density at radius 2 is 2.60 bits per heavy atom. The average molecular weight is 205 g/mol. The first-order valence-electron chi connectivity index (χ1n) is 4.19. The van der Waals surface area contributed by atoms with Gasteiger partial charge in [0, 0.05) is 23.9 Å². The molecule has 0 radical (unpaired) electrons. The summed E-state index contributed by atoms with van der Waals surface area (Å²) >= 11 is 3.06. The lowest BCUT2D eigenvalue weighted by Crippen LogP contribution is -1.87. The lowest BCUT2D eigenvalue weighted by Gasteiger charge is -1.97. The molecule has 0 spiro atoms. The van der Waals surface area contributed by atoms with Crippen LogP contribution in [0.25, 0.3) is 0 Å². The molecule has 0 aliphatic rings. The Kier molecular flexibility index (Phi) is 1.64. The predicted octanol–water partition coefficient (Wildman–Crippen LogP) is 1.99. The molecule has 54 valence electrons. The minimum atomic E-state index is -0.0881. The van der Waals surface area contributed by atoms with Crippen LogP contribution in [0, 0.1) is 0 Å². The van der Waals surface area contributed by atoms with E-state index >= 15 is 0 Å². The molecule has 2 nitrogen and oxygen atoms in total. The number of nitrogens with zero attached hydrogens (tertiary/aromatic N) is 1. The molecule has 0 unspecified atom stereocenters. The summed E-state index contributed by atoms with van der Waals surface area (Å²) < 4.78 is 27.4. The molecule has 0 aromatic carbocycles. The minimum Gasteiger partial charge on any atom is -0.380 e. The Morgan fingerprint density at radius 1 is 1.80 bits per heavy atom. The summed E-state index contributed by atoms with van der Waals surface area (Å²) in [6.45, 7) is 0.170. The third-order valence-corrected chi connectivity index (χ3v) is 1.27. The number of hydrogen-bond acceptors (Lipinski definition) is 2. The molecule has 10 heavy (non-hydrogen) atoms. The van der Waals surface area contributed by atoms with Crippen LogP contribution in [0.4, 0.5) is 0 Å². The van der Waals surface area contributed by atoms with Crippen molar-refractivity contribution in [3.63, 3.8) is 0 Å². The summed E-state index contributed by atoms with van der Waals surface area (Å²) in [6, 6.07) is 0.104. The monoisotopic (exact) mass is 204 g/mol. The van der Waals surface area contributed by atoms with Crippen molar-refractivity contribution in [3.05, 3.63) is 28.4 Å². The fourth-order valence-electron chi connectivity index (χ4n) is 0.546. The predicted molar refractivity (Wildman–Crippen MR) is 42.7 cm³/mol. The van der Waals surface area contributed by atoms with Gasteiger partial charge in [-0.1, -0.05) is 0 Å². The van der Waals surface area contributed by atoms with Crippen LogP contribution >= 0.6 is 15.9 Å². The van der Waals surface area contributed by atoms with E-state index in [0.29, 0.717) is 10.0 Å². The number of aromatic nitrogens is 1. The molecule has 0 aliphatic heterocycles. The van der Waals surface area contributed by atoms with E-state index in [0.717, 1.165) is 0 Å². The van der Waals surface area contributed by atoms with Crippen molar-refractivity contribution >= 4 is 15.9 Å². The highest BCUT2D eigenvalue weighted by Crippen LogP contribution is 2.09. The van der Waals surface area contributed by atoms with Crippen molar-refractivity contribution in [2.45, 2.75) is 6.61 Å². The van der Waals surface area contributed by atoms with E-state index < -0.39 is 0 Å². The summed E-state index contributed by atoms with van der Waals surface area (Å²) in [4.78, 5) is 3.64. The van der Waals surface area contributed by atoms with E-state index in [9.17, 15) is 0 Å². The summed E-state index contributed by atoms with van der Waals surface area (Å²) in [7, 11) is 1.49. The van der Waals surface area contributed by atoms with Crippen molar-refractivity contribution < 1.29 is 8.85 Å². The van der Waals surface area contributed by atoms with Gasteiger partial charge in [-0.25, -0.2) is 0 Å². The SMILES string of the molecule is [2H]c1nc([2H])c(COC)c([2H])c1Br. The van der Waals surface area contributed by atoms with Gasteiger partial charge < -0.3 is 4.74 Å². The van der Waals surface area contributed by atoms with Crippen LogP contribution in [0.1, 0.15) is 9.68 Å². The van der Waals surface area contributed by atoms with Gasteiger partial charge in [0.2, 0.25) is 0 Å². The van der Waals surface area contributed by atoms with Crippen LogP contribution in [0.15, 0.2) is 22.9 Å². The highest BCUT2D eigenvalue weighted by Gasteiger charge is 1.91. The van der Waals surface area contributed by atoms with E-state index in [-0.39, 0.29) is 25.0 Å². The van der Waals surface area contributed by atoms with E-state index in [1.165, 1.54) is 7.11 Å². The fraction of sp³-hybridized carbons (Fsp3) is 0.286. The van der Waals surface area contributed by atoms with Gasteiger partial charge in [-0.3, -0.25) is 4.98 Å². The van der Waals surface area contributed by atoms with Gasteiger partial charge in [0.25, 0.3) is 0 Å². The zero-order chi connectivity index (χ0) is 10.0. The number of ether oxygens (including phenoxy) is 1. The summed E-state index contributed by atoms with van der Waals surface area (Å²) in [5.41, 5.74) is 0.394. The lowest BCUT2D eigenvalue weighted by molar-refractivity contribution is 0.184. The van der Waals surface area contributed by atoms with Gasteiger partial charge in [0.1, 0.15) is 0 Å². The van der Waals surface area contributed by atoms with Gasteiger partial charge in [0.05, 0.1) is 10.7 Å². The summed E-state index contributed by atoms with van der Waals surface area (Å²) in [5, 5.41) is 0. The molecule has 0 saturated heterocycles. The maximum atomic E-state index is 7.57. The van der Waals surface area contributed by atoms with Gasteiger partial charge in [-0.15, -0.1) is 0 Å². The molecule has 3 heteroatoms.